The van der Waals surface area contributed by atoms with Gasteiger partial charge in [0.1, 0.15) is 0 Å². The molecule has 14 heavy (non-hydrogen) atoms. The van der Waals surface area contributed by atoms with Crippen LogP contribution in [0.2, 0.25) is 0 Å². The molecule has 4 heteroatoms. The van der Waals surface area contributed by atoms with Gasteiger partial charge in [0.2, 0.25) is 0 Å². The summed E-state index contributed by atoms with van der Waals surface area (Å²) in [6, 6.07) is 9.82. The van der Waals surface area contributed by atoms with Crippen molar-refractivity contribution in [2.24, 2.45) is 0 Å². The highest BCUT2D eigenvalue weighted by molar-refractivity contribution is 7.55. The Balaban J connectivity index is 2.36. The van der Waals surface area contributed by atoms with E-state index >= 15 is 0 Å². The maximum atomic E-state index is 10.5. The molecule has 0 saturated carbocycles. The van der Waals surface area contributed by atoms with E-state index in [1.54, 1.807) is 0 Å². The molecule has 0 amide bonds. The lowest BCUT2D eigenvalue weighted by Crippen LogP contribution is -1.81. The molecule has 1 rings (SSSR count). The van der Waals surface area contributed by atoms with E-state index < -0.39 is 7.60 Å². The Bertz CT molecular complexity index is 340. The van der Waals surface area contributed by atoms with Crippen molar-refractivity contribution in [3.63, 3.8) is 0 Å². The monoisotopic (exact) mass is 212 g/mol. The van der Waals surface area contributed by atoms with Crippen molar-refractivity contribution >= 4 is 7.60 Å². The number of benzene rings is 1. The number of allylic oxidation sites excluding steroid dienone is 1. The average molecular weight is 212 g/mol. The number of hydrogen-bond donors (Lipinski definition) is 2. The first-order valence-corrected chi connectivity index (χ1v) is 6.03. The van der Waals surface area contributed by atoms with Crippen molar-refractivity contribution in [2.75, 3.05) is 0 Å². The van der Waals surface area contributed by atoms with Gasteiger partial charge in [0.15, 0.2) is 0 Å². The van der Waals surface area contributed by atoms with E-state index in [4.69, 9.17) is 9.79 Å². The predicted molar refractivity (Wildman–Crippen MR) is 55.9 cm³/mol. The van der Waals surface area contributed by atoms with Crippen molar-refractivity contribution in [3.05, 3.63) is 47.8 Å². The second-order valence-electron chi connectivity index (χ2n) is 3.00. The normalized spacial score (nSPS) is 12.1. The molecule has 2 N–H and O–H groups in total. The highest BCUT2D eigenvalue weighted by Gasteiger charge is 2.04. The maximum Gasteiger partial charge on any atom is 0.348 e. The first-order valence-electron chi connectivity index (χ1n) is 4.35. The molecule has 0 unspecified atom stereocenters. The van der Waals surface area contributed by atoms with Crippen LogP contribution in [0, 0.1) is 0 Å². The summed E-state index contributed by atoms with van der Waals surface area (Å²) >= 11 is 0. The number of hydrogen-bond acceptors (Lipinski definition) is 1. The zero-order chi connectivity index (χ0) is 10.4. The van der Waals surface area contributed by atoms with Crippen LogP contribution in [0.3, 0.4) is 0 Å². The van der Waals surface area contributed by atoms with Crippen LogP contribution in [0.1, 0.15) is 12.0 Å². The Hall–Kier alpha value is -0.890. The maximum absolute atomic E-state index is 10.5. The average Bonchev–Trinajstić information content (AvgIpc) is 2.13. The smallest absolute Gasteiger partial charge is 0.321 e. The molecule has 0 aliphatic heterocycles. The van der Waals surface area contributed by atoms with Crippen molar-refractivity contribution in [1.82, 2.24) is 0 Å². The summed E-state index contributed by atoms with van der Waals surface area (Å²) in [5, 5.41) is 0. The van der Waals surface area contributed by atoms with Gasteiger partial charge in [-0.05, 0) is 18.4 Å². The fourth-order valence-corrected chi connectivity index (χ4v) is 1.53. The summed E-state index contributed by atoms with van der Waals surface area (Å²) in [7, 11) is -3.97. The lowest BCUT2D eigenvalue weighted by Gasteiger charge is -1.97. The molecule has 0 saturated heterocycles. The highest BCUT2D eigenvalue weighted by Crippen LogP contribution is 2.36. The largest absolute Gasteiger partial charge is 0.348 e. The van der Waals surface area contributed by atoms with Gasteiger partial charge in [-0.1, -0.05) is 36.4 Å². The van der Waals surface area contributed by atoms with Gasteiger partial charge >= 0.3 is 7.60 Å². The van der Waals surface area contributed by atoms with Crippen molar-refractivity contribution in [1.29, 1.82) is 0 Å². The topological polar surface area (TPSA) is 57.5 Å². The molecule has 0 spiro atoms. The van der Waals surface area contributed by atoms with Gasteiger partial charge in [-0.15, -0.1) is 0 Å². The Morgan fingerprint density at radius 2 is 1.86 bits per heavy atom. The van der Waals surface area contributed by atoms with E-state index in [-0.39, 0.29) is 0 Å². The Labute approximate surface area is 83.3 Å². The van der Waals surface area contributed by atoms with Gasteiger partial charge in [0.05, 0.1) is 0 Å². The molecular formula is C10H13O3P. The minimum absolute atomic E-state index is 0.648. The van der Waals surface area contributed by atoms with Crippen LogP contribution in [0.5, 0.6) is 0 Å². The number of aryl methyl sites for hydroxylation is 1. The van der Waals surface area contributed by atoms with Gasteiger partial charge in [0.25, 0.3) is 0 Å². The van der Waals surface area contributed by atoms with E-state index in [2.05, 4.69) is 0 Å². The predicted octanol–water partition coefficient (Wildman–Crippen LogP) is 2.31. The van der Waals surface area contributed by atoms with Crippen molar-refractivity contribution in [3.8, 4) is 0 Å². The molecule has 0 aliphatic rings. The molecule has 0 bridgehead atoms. The summed E-state index contributed by atoms with van der Waals surface area (Å²) in [5.74, 6) is 0.954. The first-order chi connectivity index (χ1) is 6.58. The van der Waals surface area contributed by atoms with E-state index in [9.17, 15) is 4.57 Å². The third-order valence-electron chi connectivity index (χ3n) is 1.74. The Kier molecular flexibility index (Phi) is 4.08. The van der Waals surface area contributed by atoms with E-state index in [0.717, 1.165) is 12.2 Å². The zero-order valence-corrected chi connectivity index (χ0v) is 8.60. The quantitative estimate of drug-likeness (QED) is 0.753. The summed E-state index contributed by atoms with van der Waals surface area (Å²) in [6.07, 6.45) is 2.97. The van der Waals surface area contributed by atoms with Crippen LogP contribution in [0.15, 0.2) is 42.2 Å². The third-order valence-corrected chi connectivity index (χ3v) is 2.34. The lowest BCUT2D eigenvalue weighted by molar-refractivity contribution is 0.386. The number of rotatable bonds is 4. The molecule has 0 fully saturated rings. The molecule has 3 nitrogen and oxygen atoms in total. The molecule has 0 radical (unpaired) electrons. The van der Waals surface area contributed by atoms with E-state index in [1.807, 2.05) is 30.3 Å². The summed E-state index contributed by atoms with van der Waals surface area (Å²) in [5.41, 5.74) is 1.17. The van der Waals surface area contributed by atoms with Crippen LogP contribution in [0.4, 0.5) is 0 Å². The molecule has 0 heterocycles. The second kappa shape index (κ2) is 5.11. The van der Waals surface area contributed by atoms with Gasteiger partial charge in [0, 0.05) is 5.82 Å². The fraction of sp³-hybridized carbons (Fsp3) is 0.200. The standard InChI is InChI=1S/C10H13O3P/c11-14(12,13)9-5-4-8-10-6-2-1-3-7-10/h1-3,5-7,9H,4,8H2,(H2,11,12,13). The molecule has 1 aromatic carbocycles. The van der Waals surface area contributed by atoms with Crippen LogP contribution >= 0.6 is 7.60 Å². The summed E-state index contributed by atoms with van der Waals surface area (Å²) in [6.45, 7) is 0. The summed E-state index contributed by atoms with van der Waals surface area (Å²) < 4.78 is 10.5. The Morgan fingerprint density at radius 1 is 1.21 bits per heavy atom. The molecule has 0 aliphatic carbocycles. The fourth-order valence-electron chi connectivity index (χ4n) is 1.11. The first kappa shape index (κ1) is 11.2. The second-order valence-corrected chi connectivity index (χ2v) is 4.47. The van der Waals surface area contributed by atoms with Gasteiger partial charge in [-0.25, -0.2) is 0 Å². The van der Waals surface area contributed by atoms with Crippen molar-refractivity contribution in [2.45, 2.75) is 12.8 Å². The zero-order valence-electron chi connectivity index (χ0n) is 7.71. The summed E-state index contributed by atoms with van der Waals surface area (Å²) in [4.78, 5) is 17.1. The molecule has 0 atom stereocenters. The van der Waals surface area contributed by atoms with Crippen LogP contribution in [0.25, 0.3) is 0 Å². The molecular weight excluding hydrogens is 199 g/mol. The van der Waals surface area contributed by atoms with Gasteiger partial charge in [-0.3, -0.25) is 4.57 Å². The molecule has 0 aromatic heterocycles. The lowest BCUT2D eigenvalue weighted by atomic mass is 10.1. The molecule has 1 aromatic rings. The van der Waals surface area contributed by atoms with Crippen molar-refractivity contribution < 1.29 is 14.4 Å². The van der Waals surface area contributed by atoms with Crippen LogP contribution < -0.4 is 0 Å². The van der Waals surface area contributed by atoms with E-state index in [1.165, 1.54) is 11.6 Å². The molecule has 76 valence electrons. The third kappa shape index (κ3) is 4.97. The Morgan fingerprint density at radius 3 is 2.43 bits per heavy atom. The van der Waals surface area contributed by atoms with Crippen LogP contribution in [-0.4, -0.2) is 9.79 Å². The van der Waals surface area contributed by atoms with Crippen LogP contribution in [-0.2, 0) is 11.0 Å². The highest BCUT2D eigenvalue weighted by atomic mass is 31.2. The minimum Gasteiger partial charge on any atom is -0.321 e. The van der Waals surface area contributed by atoms with E-state index in [0.29, 0.717) is 6.42 Å². The van der Waals surface area contributed by atoms with Gasteiger partial charge in [-0.2, -0.15) is 0 Å². The minimum atomic E-state index is -3.97. The SMILES string of the molecule is O=P(O)(O)C=CCCc1ccccc1. The van der Waals surface area contributed by atoms with Gasteiger partial charge < -0.3 is 9.79 Å².